The molecule has 2 aliphatic heterocycles. The summed E-state index contributed by atoms with van der Waals surface area (Å²) in [6, 6.07) is 7.94. The number of amides is 1. The number of piperidine rings is 1. The van der Waals surface area contributed by atoms with Crippen LogP contribution in [0, 0.1) is 0 Å². The lowest BCUT2D eigenvalue weighted by atomic mass is 9.96. The maximum absolute atomic E-state index is 13.0. The van der Waals surface area contributed by atoms with E-state index >= 15 is 0 Å². The lowest BCUT2D eigenvalue weighted by Gasteiger charge is -2.35. The van der Waals surface area contributed by atoms with Gasteiger partial charge in [0.05, 0.1) is 17.9 Å². The largest absolute Gasteiger partial charge is 0.331 e. The average molecular weight is 337 g/mol. The standard InChI is InChI=1S/C19H23N5O/c1-14-9-11-24(22-14)17-7-5-15(6-8-17)19(25)23-10-3-2-4-18(23)16-12-20-21-13-16/h5-8,12-13,18H,2-4,9-11H2,1H3,(H,20,21). The molecule has 0 saturated carbocycles. The molecule has 4 rings (SSSR count). The van der Waals surface area contributed by atoms with Crippen molar-refractivity contribution in [3.05, 3.63) is 47.8 Å². The first-order valence-corrected chi connectivity index (χ1v) is 8.94. The maximum Gasteiger partial charge on any atom is 0.254 e. The lowest BCUT2D eigenvalue weighted by molar-refractivity contribution is 0.0611. The summed E-state index contributed by atoms with van der Waals surface area (Å²) in [5.74, 6) is 0.0959. The van der Waals surface area contributed by atoms with Gasteiger partial charge in [-0.1, -0.05) is 0 Å². The quantitative estimate of drug-likeness (QED) is 0.934. The number of benzene rings is 1. The molecule has 1 N–H and O–H groups in total. The summed E-state index contributed by atoms with van der Waals surface area (Å²) in [7, 11) is 0. The number of rotatable bonds is 3. The first-order chi connectivity index (χ1) is 12.2. The van der Waals surface area contributed by atoms with Crippen molar-refractivity contribution >= 4 is 17.3 Å². The Bertz CT molecular complexity index is 766. The Morgan fingerprint density at radius 3 is 2.72 bits per heavy atom. The third-order valence-electron chi connectivity index (χ3n) is 5.06. The normalized spacial score (nSPS) is 20.7. The van der Waals surface area contributed by atoms with Gasteiger partial charge < -0.3 is 4.90 Å². The highest BCUT2D eigenvalue weighted by atomic mass is 16.2. The Morgan fingerprint density at radius 2 is 2.04 bits per heavy atom. The number of nitrogens with zero attached hydrogens (tertiary/aromatic N) is 4. The molecule has 25 heavy (non-hydrogen) atoms. The van der Waals surface area contributed by atoms with Gasteiger partial charge >= 0.3 is 0 Å². The minimum atomic E-state index is 0.0959. The monoisotopic (exact) mass is 337 g/mol. The van der Waals surface area contributed by atoms with E-state index in [0.29, 0.717) is 0 Å². The molecule has 0 radical (unpaired) electrons. The second kappa shape index (κ2) is 6.70. The van der Waals surface area contributed by atoms with Crippen LogP contribution < -0.4 is 5.01 Å². The lowest BCUT2D eigenvalue weighted by Crippen LogP contribution is -2.38. The van der Waals surface area contributed by atoms with E-state index in [1.165, 1.54) is 0 Å². The fraction of sp³-hybridized carbons (Fsp3) is 0.421. The molecule has 1 fully saturated rings. The van der Waals surface area contributed by atoms with Crippen molar-refractivity contribution in [2.24, 2.45) is 5.10 Å². The molecule has 2 aliphatic rings. The van der Waals surface area contributed by atoms with Crippen LogP contribution in [0.25, 0.3) is 0 Å². The number of hydrogen-bond acceptors (Lipinski definition) is 4. The molecule has 1 atom stereocenters. The smallest absolute Gasteiger partial charge is 0.254 e. The van der Waals surface area contributed by atoms with Crippen LogP contribution in [-0.2, 0) is 0 Å². The molecular weight excluding hydrogens is 314 g/mol. The van der Waals surface area contributed by atoms with E-state index in [2.05, 4.69) is 15.3 Å². The SMILES string of the molecule is CC1=NN(c2ccc(C(=O)N3CCCCC3c3cn[nH]c3)cc2)CC1. The molecule has 2 aromatic rings. The maximum atomic E-state index is 13.0. The Morgan fingerprint density at radius 1 is 1.20 bits per heavy atom. The van der Waals surface area contributed by atoms with Crippen molar-refractivity contribution in [1.29, 1.82) is 0 Å². The molecule has 1 aromatic heterocycles. The van der Waals surface area contributed by atoms with Gasteiger partial charge in [0.15, 0.2) is 0 Å². The van der Waals surface area contributed by atoms with Crippen molar-refractivity contribution < 1.29 is 4.79 Å². The summed E-state index contributed by atoms with van der Waals surface area (Å²) in [4.78, 5) is 15.0. The predicted molar refractivity (Wildman–Crippen MR) is 97.7 cm³/mol. The van der Waals surface area contributed by atoms with E-state index in [0.717, 1.165) is 61.3 Å². The van der Waals surface area contributed by atoms with E-state index in [1.807, 2.05) is 53.5 Å². The number of aromatic nitrogens is 2. The number of carbonyl (C=O) groups is 1. The van der Waals surface area contributed by atoms with Gasteiger partial charge in [0, 0.05) is 42.5 Å². The van der Waals surface area contributed by atoms with Crippen LogP contribution in [0.15, 0.2) is 41.8 Å². The third kappa shape index (κ3) is 3.16. The number of H-pyrrole nitrogens is 1. The van der Waals surface area contributed by atoms with Crippen LogP contribution in [0.2, 0.25) is 0 Å². The second-order valence-corrected chi connectivity index (χ2v) is 6.80. The Kier molecular flexibility index (Phi) is 4.26. The molecule has 1 aromatic carbocycles. The number of hydrazone groups is 1. The predicted octanol–water partition coefficient (Wildman–Crippen LogP) is 3.36. The molecule has 0 bridgehead atoms. The number of carbonyl (C=O) groups excluding carboxylic acids is 1. The topological polar surface area (TPSA) is 64.6 Å². The van der Waals surface area contributed by atoms with Crippen molar-refractivity contribution in [1.82, 2.24) is 15.1 Å². The van der Waals surface area contributed by atoms with E-state index < -0.39 is 0 Å². The number of nitrogens with one attached hydrogen (secondary N) is 1. The first-order valence-electron chi connectivity index (χ1n) is 8.94. The summed E-state index contributed by atoms with van der Waals surface area (Å²) in [6.45, 7) is 3.75. The summed E-state index contributed by atoms with van der Waals surface area (Å²) in [5.41, 5.74) is 4.01. The molecular formula is C19H23N5O. The third-order valence-corrected chi connectivity index (χ3v) is 5.06. The highest BCUT2D eigenvalue weighted by Crippen LogP contribution is 2.32. The molecule has 1 amide bonds. The van der Waals surface area contributed by atoms with Crippen LogP contribution in [-0.4, -0.2) is 39.8 Å². The van der Waals surface area contributed by atoms with Crippen LogP contribution in [0.5, 0.6) is 0 Å². The Balaban J connectivity index is 1.53. The first kappa shape index (κ1) is 15.9. The van der Waals surface area contributed by atoms with Gasteiger partial charge in [0.25, 0.3) is 5.91 Å². The highest BCUT2D eigenvalue weighted by Gasteiger charge is 2.29. The van der Waals surface area contributed by atoms with Crippen LogP contribution in [0.4, 0.5) is 5.69 Å². The molecule has 1 unspecified atom stereocenters. The zero-order valence-corrected chi connectivity index (χ0v) is 14.5. The van der Waals surface area contributed by atoms with E-state index in [9.17, 15) is 4.79 Å². The van der Waals surface area contributed by atoms with Crippen LogP contribution in [0.3, 0.4) is 0 Å². The molecule has 1 saturated heterocycles. The van der Waals surface area contributed by atoms with Crippen LogP contribution in [0.1, 0.15) is 54.6 Å². The molecule has 130 valence electrons. The van der Waals surface area contributed by atoms with Gasteiger partial charge in [0.2, 0.25) is 0 Å². The van der Waals surface area contributed by atoms with Crippen molar-refractivity contribution in [3.63, 3.8) is 0 Å². The second-order valence-electron chi connectivity index (χ2n) is 6.80. The Hall–Kier alpha value is -2.63. The van der Waals surface area contributed by atoms with Gasteiger partial charge in [-0.2, -0.15) is 10.2 Å². The molecule has 6 heteroatoms. The number of hydrogen-bond donors (Lipinski definition) is 1. The summed E-state index contributed by atoms with van der Waals surface area (Å²) < 4.78 is 0. The van der Waals surface area contributed by atoms with E-state index in [-0.39, 0.29) is 11.9 Å². The van der Waals surface area contributed by atoms with Gasteiger partial charge in [-0.15, -0.1) is 0 Å². The van der Waals surface area contributed by atoms with Gasteiger partial charge in [-0.25, -0.2) is 0 Å². The highest BCUT2D eigenvalue weighted by molar-refractivity contribution is 5.95. The summed E-state index contributed by atoms with van der Waals surface area (Å²) in [5, 5.41) is 13.4. The number of aromatic amines is 1. The number of anilines is 1. The minimum absolute atomic E-state index is 0.0959. The fourth-order valence-electron chi connectivity index (χ4n) is 3.67. The minimum Gasteiger partial charge on any atom is -0.331 e. The van der Waals surface area contributed by atoms with Gasteiger partial charge in [-0.05, 0) is 50.5 Å². The van der Waals surface area contributed by atoms with Crippen molar-refractivity contribution in [2.75, 3.05) is 18.1 Å². The molecule has 0 spiro atoms. The molecule has 6 nitrogen and oxygen atoms in total. The average Bonchev–Trinajstić information content (AvgIpc) is 3.33. The zero-order chi connectivity index (χ0) is 17.2. The summed E-state index contributed by atoms with van der Waals surface area (Å²) >= 11 is 0. The van der Waals surface area contributed by atoms with E-state index in [4.69, 9.17) is 0 Å². The van der Waals surface area contributed by atoms with Crippen molar-refractivity contribution in [3.8, 4) is 0 Å². The summed E-state index contributed by atoms with van der Waals surface area (Å²) in [6.07, 6.45) is 7.91. The van der Waals surface area contributed by atoms with E-state index in [1.54, 1.807) is 0 Å². The van der Waals surface area contributed by atoms with Gasteiger partial charge in [-0.3, -0.25) is 14.9 Å². The van der Waals surface area contributed by atoms with Crippen molar-refractivity contribution in [2.45, 2.75) is 38.6 Å². The van der Waals surface area contributed by atoms with Gasteiger partial charge in [0.1, 0.15) is 0 Å². The van der Waals surface area contributed by atoms with Crippen LogP contribution >= 0.6 is 0 Å². The zero-order valence-electron chi connectivity index (χ0n) is 14.5. The molecule has 3 heterocycles. The number of likely N-dealkylation sites (tertiary alicyclic amines) is 1. The Labute approximate surface area is 147 Å². The molecule has 0 aliphatic carbocycles. The fourth-order valence-corrected chi connectivity index (χ4v) is 3.67.